The highest BCUT2D eigenvalue weighted by Crippen LogP contribution is 2.23. The smallest absolute Gasteiger partial charge is 0.404 e. The van der Waals surface area contributed by atoms with Gasteiger partial charge in [-0.05, 0) is 50.7 Å². The Labute approximate surface area is 182 Å². The fraction of sp³-hybridized carbons (Fsp3) is 0.105. The third kappa shape index (κ3) is 4.86. The predicted molar refractivity (Wildman–Crippen MR) is 110 cm³/mol. The lowest BCUT2D eigenvalue weighted by Gasteiger charge is -2.02. The van der Waals surface area contributed by atoms with Gasteiger partial charge in [-0.1, -0.05) is 12.1 Å². The van der Waals surface area contributed by atoms with Crippen LogP contribution in [0, 0.1) is 15.9 Å². The molecule has 0 aliphatic heterocycles. The van der Waals surface area contributed by atoms with Crippen LogP contribution < -0.4 is 5.32 Å². The molecule has 3 aromatic heterocycles. The van der Waals surface area contributed by atoms with Gasteiger partial charge in [-0.2, -0.15) is 9.78 Å². The van der Waals surface area contributed by atoms with Crippen LogP contribution >= 0.6 is 15.9 Å². The van der Waals surface area contributed by atoms with E-state index in [0.717, 1.165) is 5.56 Å². The summed E-state index contributed by atoms with van der Waals surface area (Å²) in [5.74, 6) is -0.654. The summed E-state index contributed by atoms with van der Waals surface area (Å²) in [7, 11) is 0. The first kappa shape index (κ1) is 20.5. The molecule has 0 aliphatic carbocycles. The van der Waals surface area contributed by atoms with Crippen molar-refractivity contribution >= 4 is 33.3 Å². The highest BCUT2D eigenvalue weighted by atomic mass is 79.9. The number of anilines is 1. The average Bonchev–Trinajstić information content (AvgIpc) is 3.43. The SMILES string of the molecule is O=C(Nc1cnn(Cc2cccc(F)c2)c1)c1ccc(Cn2cc(Br)c([N+](=O)[O-])n2)o1. The van der Waals surface area contributed by atoms with Crippen molar-refractivity contribution in [2.45, 2.75) is 13.1 Å². The minimum absolute atomic E-state index is 0.0635. The number of hydrogen-bond donors (Lipinski definition) is 1. The van der Waals surface area contributed by atoms with Crippen molar-refractivity contribution in [2.24, 2.45) is 0 Å². The Morgan fingerprint density at radius 2 is 2.06 bits per heavy atom. The predicted octanol–water partition coefficient (Wildman–Crippen LogP) is 3.83. The summed E-state index contributed by atoms with van der Waals surface area (Å²) in [4.78, 5) is 22.7. The van der Waals surface area contributed by atoms with Crippen molar-refractivity contribution < 1.29 is 18.5 Å². The normalized spacial score (nSPS) is 10.9. The molecule has 1 amide bonds. The number of furan rings is 1. The van der Waals surface area contributed by atoms with Crippen molar-refractivity contribution in [3.05, 3.63) is 92.5 Å². The molecule has 0 aliphatic rings. The summed E-state index contributed by atoms with van der Waals surface area (Å²) in [6.45, 7) is 0.468. The van der Waals surface area contributed by atoms with Gasteiger partial charge in [-0.25, -0.2) is 4.39 Å². The number of hydrogen-bond acceptors (Lipinski definition) is 6. The highest BCUT2D eigenvalue weighted by molar-refractivity contribution is 9.10. The maximum Gasteiger partial charge on any atom is 0.404 e. The summed E-state index contributed by atoms with van der Waals surface area (Å²) in [5.41, 5.74) is 1.19. The number of benzene rings is 1. The van der Waals surface area contributed by atoms with E-state index < -0.39 is 10.8 Å². The van der Waals surface area contributed by atoms with Crippen molar-refractivity contribution in [1.29, 1.82) is 0 Å². The van der Waals surface area contributed by atoms with Gasteiger partial charge in [0.15, 0.2) is 5.76 Å². The van der Waals surface area contributed by atoms with Crippen molar-refractivity contribution in [1.82, 2.24) is 19.6 Å². The minimum Gasteiger partial charge on any atom is -0.454 e. The number of carbonyl (C=O) groups is 1. The summed E-state index contributed by atoms with van der Waals surface area (Å²) in [5, 5.41) is 21.5. The van der Waals surface area contributed by atoms with Crippen LogP contribution in [0.25, 0.3) is 0 Å². The fourth-order valence-corrected chi connectivity index (χ4v) is 3.33. The lowest BCUT2D eigenvalue weighted by molar-refractivity contribution is -0.390. The Morgan fingerprint density at radius 1 is 1.23 bits per heavy atom. The highest BCUT2D eigenvalue weighted by Gasteiger charge is 2.20. The number of aromatic nitrogens is 4. The zero-order valence-corrected chi connectivity index (χ0v) is 17.3. The first-order valence-corrected chi connectivity index (χ1v) is 9.71. The lowest BCUT2D eigenvalue weighted by Crippen LogP contribution is -2.10. The summed E-state index contributed by atoms with van der Waals surface area (Å²) in [6.07, 6.45) is 4.54. The van der Waals surface area contributed by atoms with Gasteiger partial charge in [-0.15, -0.1) is 0 Å². The average molecular weight is 489 g/mol. The molecule has 0 saturated carbocycles. The van der Waals surface area contributed by atoms with Gasteiger partial charge in [-0.3, -0.25) is 9.48 Å². The minimum atomic E-state index is -0.601. The van der Waals surface area contributed by atoms with Crippen LogP contribution in [0.3, 0.4) is 0 Å². The van der Waals surface area contributed by atoms with Crippen LogP contribution in [-0.4, -0.2) is 30.4 Å². The standard InChI is InChI=1S/C19H14BrFN6O4/c20-16-11-26(24-18(16)27(29)30)10-15-4-5-17(31-15)19(28)23-14-7-22-25(9-14)8-12-2-1-3-13(21)6-12/h1-7,9,11H,8,10H2,(H,23,28). The third-order valence-corrected chi connectivity index (χ3v) is 4.76. The molecule has 3 heterocycles. The number of rotatable bonds is 7. The molecule has 158 valence electrons. The quantitative estimate of drug-likeness (QED) is 0.311. The molecule has 0 unspecified atom stereocenters. The molecular weight excluding hydrogens is 475 g/mol. The van der Waals surface area contributed by atoms with Crippen LogP contribution in [0.4, 0.5) is 15.9 Å². The third-order valence-electron chi connectivity index (χ3n) is 4.20. The number of halogens is 2. The van der Waals surface area contributed by atoms with E-state index in [2.05, 4.69) is 31.4 Å². The van der Waals surface area contributed by atoms with E-state index in [4.69, 9.17) is 4.42 Å². The first-order valence-electron chi connectivity index (χ1n) is 8.91. The number of carbonyl (C=O) groups excluding carboxylic acids is 1. The molecule has 31 heavy (non-hydrogen) atoms. The Bertz CT molecular complexity index is 1260. The van der Waals surface area contributed by atoms with Crippen molar-refractivity contribution in [2.75, 3.05) is 5.32 Å². The lowest BCUT2D eigenvalue weighted by atomic mass is 10.2. The molecule has 0 radical (unpaired) electrons. The van der Waals surface area contributed by atoms with E-state index in [1.807, 2.05) is 0 Å². The van der Waals surface area contributed by atoms with Gasteiger partial charge in [0, 0.05) is 6.20 Å². The van der Waals surface area contributed by atoms with E-state index in [9.17, 15) is 19.3 Å². The molecule has 1 aromatic carbocycles. The van der Waals surface area contributed by atoms with Crippen LogP contribution in [-0.2, 0) is 13.1 Å². The van der Waals surface area contributed by atoms with Crippen molar-refractivity contribution in [3.63, 3.8) is 0 Å². The number of amides is 1. The second-order valence-corrected chi connectivity index (χ2v) is 7.39. The zero-order chi connectivity index (χ0) is 22.0. The van der Waals surface area contributed by atoms with E-state index >= 15 is 0 Å². The summed E-state index contributed by atoms with van der Waals surface area (Å²) < 4.78 is 22.0. The van der Waals surface area contributed by atoms with E-state index in [-0.39, 0.29) is 28.4 Å². The Kier molecular flexibility index (Phi) is 5.62. The molecular formula is C19H14BrFN6O4. The zero-order valence-electron chi connectivity index (χ0n) is 15.7. The maximum atomic E-state index is 13.3. The largest absolute Gasteiger partial charge is 0.454 e. The second kappa shape index (κ2) is 8.52. The molecule has 1 N–H and O–H groups in total. The van der Waals surface area contributed by atoms with E-state index in [1.54, 1.807) is 29.1 Å². The maximum absolute atomic E-state index is 13.3. The number of nitro groups is 1. The van der Waals surface area contributed by atoms with Gasteiger partial charge in [0.25, 0.3) is 5.91 Å². The number of nitrogens with one attached hydrogen (secondary N) is 1. The Hall–Kier alpha value is -3.80. The first-order chi connectivity index (χ1) is 14.9. The molecule has 0 saturated heterocycles. The van der Waals surface area contributed by atoms with Crippen LogP contribution in [0.1, 0.15) is 21.9 Å². The topological polar surface area (TPSA) is 121 Å². The van der Waals surface area contributed by atoms with Gasteiger partial charge >= 0.3 is 5.82 Å². The Balaban J connectivity index is 1.38. The van der Waals surface area contributed by atoms with E-state index in [0.29, 0.717) is 18.0 Å². The van der Waals surface area contributed by atoms with Crippen LogP contribution in [0.2, 0.25) is 0 Å². The van der Waals surface area contributed by atoms with Crippen LogP contribution in [0.5, 0.6) is 0 Å². The van der Waals surface area contributed by atoms with Gasteiger partial charge in [0.05, 0.1) is 29.7 Å². The summed E-state index contributed by atoms with van der Waals surface area (Å²) >= 11 is 3.08. The molecule has 10 nitrogen and oxygen atoms in total. The summed E-state index contributed by atoms with van der Waals surface area (Å²) in [6, 6.07) is 9.25. The molecule has 4 rings (SSSR count). The van der Waals surface area contributed by atoms with Gasteiger partial charge < -0.3 is 19.8 Å². The molecule has 0 bridgehead atoms. The number of nitrogens with zero attached hydrogens (tertiary/aromatic N) is 5. The van der Waals surface area contributed by atoms with Gasteiger partial charge in [0.2, 0.25) is 0 Å². The van der Waals surface area contributed by atoms with Gasteiger partial charge in [0.1, 0.15) is 22.6 Å². The molecule has 0 spiro atoms. The monoisotopic (exact) mass is 488 g/mol. The van der Waals surface area contributed by atoms with Crippen molar-refractivity contribution in [3.8, 4) is 0 Å². The molecule has 0 atom stereocenters. The molecule has 0 fully saturated rings. The fourth-order valence-electron chi connectivity index (χ4n) is 2.87. The second-order valence-electron chi connectivity index (χ2n) is 6.53. The van der Waals surface area contributed by atoms with E-state index in [1.165, 1.54) is 35.3 Å². The Morgan fingerprint density at radius 3 is 2.81 bits per heavy atom. The molecule has 12 heteroatoms. The van der Waals surface area contributed by atoms with Crippen LogP contribution in [0.15, 0.2) is 63.9 Å². The molecule has 4 aromatic rings.